The zero-order chi connectivity index (χ0) is 43.9. The van der Waals surface area contributed by atoms with Crippen molar-refractivity contribution in [3.8, 4) is 22.4 Å². The Balaban J connectivity index is 1.03. The van der Waals surface area contributed by atoms with E-state index in [0.29, 0.717) is 51.0 Å². The first-order valence-electron chi connectivity index (χ1n) is 21.5. The lowest BCUT2D eigenvalue weighted by atomic mass is 10.0. The third kappa shape index (κ3) is 10.0. The van der Waals surface area contributed by atoms with Gasteiger partial charge in [0.2, 0.25) is 11.8 Å². The number of hydrogen-bond acceptors (Lipinski definition) is 10. The Hall–Kier alpha value is -6.00. The molecule has 0 radical (unpaired) electrons. The molecule has 2 fully saturated rings. The molecule has 4 N–H and O–H groups in total. The molecule has 4 amide bonds. The van der Waals surface area contributed by atoms with Crippen LogP contribution >= 0.6 is 0 Å². The van der Waals surface area contributed by atoms with Crippen LogP contribution in [0.1, 0.15) is 94.1 Å². The summed E-state index contributed by atoms with van der Waals surface area (Å²) < 4.78 is 21.8. The fourth-order valence-corrected chi connectivity index (χ4v) is 8.41. The highest BCUT2D eigenvalue weighted by molar-refractivity contribution is 5.87. The smallest absolute Gasteiger partial charge is 0.407 e. The van der Waals surface area contributed by atoms with E-state index in [1.54, 1.807) is 16.0 Å². The standard InChI is InChI=1S/C46H58N8O8/c1-27(2)38(51-45(57)59-5)43(55)53-20-7-9-36(53)41-47-24-33(48-41)19-12-29-10-13-30(14-11-29)31-15-17-32(18-16-31)40-35-26-61-21-8-22-62-34-23-37(42(49-35)50-40)54(25-34)44(56)39(28(3)4)52-46(58)60-6/h10-19,24,27-28,34,36-39H,7-9,20-23,25-26H2,1-6H3,(H,47,48)(H,49,50)(H,51,57)(H,52,58)/b19-12+/t34-,36-,37-,38+,39-/m0/s1. The highest BCUT2D eigenvalue weighted by Crippen LogP contribution is 2.37. The third-order valence-corrected chi connectivity index (χ3v) is 11.8. The number of aromatic amines is 2. The number of ether oxygens (including phenoxy) is 4. The first-order valence-corrected chi connectivity index (χ1v) is 21.5. The van der Waals surface area contributed by atoms with E-state index in [-0.39, 0.29) is 41.8 Å². The fourth-order valence-electron chi connectivity index (χ4n) is 8.41. The molecule has 7 rings (SSSR count). The number of nitrogens with one attached hydrogen (secondary N) is 4. The van der Waals surface area contributed by atoms with Crippen molar-refractivity contribution in [2.45, 2.75) is 90.3 Å². The van der Waals surface area contributed by atoms with E-state index in [9.17, 15) is 19.2 Å². The monoisotopic (exact) mass is 850 g/mol. The number of aromatic nitrogens is 4. The number of nitrogens with zero attached hydrogens (tertiary/aromatic N) is 4. The zero-order valence-electron chi connectivity index (χ0n) is 36.3. The number of carbonyl (C=O) groups excluding carboxylic acids is 4. The summed E-state index contributed by atoms with van der Waals surface area (Å²) in [5.41, 5.74) is 6.45. The minimum atomic E-state index is -0.768. The normalized spacial score (nSPS) is 20.2. The maximum absolute atomic E-state index is 14.0. The molecule has 3 aliphatic heterocycles. The maximum Gasteiger partial charge on any atom is 0.407 e. The molecule has 16 heteroatoms. The number of benzene rings is 2. The van der Waals surface area contributed by atoms with Crippen molar-refractivity contribution in [2.24, 2.45) is 11.8 Å². The van der Waals surface area contributed by atoms with E-state index in [1.165, 1.54) is 14.2 Å². The summed E-state index contributed by atoms with van der Waals surface area (Å²) in [5, 5.41) is 5.41. The number of methoxy groups -OCH3 is 2. The molecule has 2 aromatic heterocycles. The molecule has 0 spiro atoms. The minimum Gasteiger partial charge on any atom is -0.453 e. The molecule has 4 aromatic rings. The van der Waals surface area contributed by atoms with Crippen molar-refractivity contribution in [3.63, 3.8) is 0 Å². The third-order valence-electron chi connectivity index (χ3n) is 11.8. The summed E-state index contributed by atoms with van der Waals surface area (Å²) in [5.74, 6) is 0.744. The first-order chi connectivity index (χ1) is 29.9. The molecule has 16 nitrogen and oxygen atoms in total. The summed E-state index contributed by atoms with van der Waals surface area (Å²) in [6.07, 6.45) is 7.22. The molecule has 0 saturated carbocycles. The van der Waals surface area contributed by atoms with E-state index < -0.39 is 24.3 Å². The van der Waals surface area contributed by atoms with Crippen LogP contribution in [0.25, 0.3) is 34.5 Å². The number of likely N-dealkylation sites (tertiary alicyclic amines) is 2. The number of fused-ring (bicyclic) bond motifs is 5. The van der Waals surface area contributed by atoms with Crippen LogP contribution in [0.3, 0.4) is 0 Å². The summed E-state index contributed by atoms with van der Waals surface area (Å²) in [6.45, 7) is 9.93. The van der Waals surface area contributed by atoms with E-state index in [4.69, 9.17) is 23.9 Å². The number of carbonyl (C=O) groups is 4. The minimum absolute atomic E-state index is 0.107. The van der Waals surface area contributed by atoms with Gasteiger partial charge in [0.1, 0.15) is 23.7 Å². The van der Waals surface area contributed by atoms with Crippen LogP contribution in [-0.2, 0) is 35.1 Å². The maximum atomic E-state index is 14.0. The summed E-state index contributed by atoms with van der Waals surface area (Å²) in [6, 6.07) is 14.5. The lowest BCUT2D eigenvalue weighted by Crippen LogP contribution is -2.51. The van der Waals surface area contributed by atoms with Crippen LogP contribution in [0, 0.1) is 11.8 Å². The topological polar surface area (TPSA) is 193 Å². The van der Waals surface area contributed by atoms with E-state index in [1.807, 2.05) is 39.8 Å². The quantitative estimate of drug-likeness (QED) is 0.127. The first kappa shape index (κ1) is 44.1. The lowest BCUT2D eigenvalue weighted by Gasteiger charge is -2.29. The van der Waals surface area contributed by atoms with Gasteiger partial charge in [-0.2, -0.15) is 0 Å². The van der Waals surface area contributed by atoms with Crippen LogP contribution in [0.2, 0.25) is 0 Å². The molecule has 5 heterocycles. The van der Waals surface area contributed by atoms with Gasteiger partial charge in [-0.25, -0.2) is 19.6 Å². The molecule has 5 atom stereocenters. The van der Waals surface area contributed by atoms with Gasteiger partial charge in [-0.05, 0) is 53.9 Å². The summed E-state index contributed by atoms with van der Waals surface area (Å²) >= 11 is 0. The average Bonchev–Trinajstić information content (AvgIpc) is 4.11. The van der Waals surface area contributed by atoms with Gasteiger partial charge in [-0.15, -0.1) is 0 Å². The number of rotatable bonds is 11. The number of imidazole rings is 2. The molecule has 62 heavy (non-hydrogen) atoms. The van der Waals surface area contributed by atoms with Crippen molar-refractivity contribution < 1.29 is 38.1 Å². The molecular formula is C46H58N8O8. The van der Waals surface area contributed by atoms with Gasteiger partial charge in [-0.1, -0.05) is 82.3 Å². The predicted molar refractivity (Wildman–Crippen MR) is 232 cm³/mol. The largest absolute Gasteiger partial charge is 0.453 e. The Morgan fingerprint density at radius 2 is 1.40 bits per heavy atom. The van der Waals surface area contributed by atoms with Crippen molar-refractivity contribution >= 4 is 36.2 Å². The predicted octanol–water partition coefficient (Wildman–Crippen LogP) is 6.64. The van der Waals surface area contributed by atoms with Gasteiger partial charge in [0.25, 0.3) is 0 Å². The Bertz CT molecular complexity index is 2220. The lowest BCUT2D eigenvalue weighted by molar-refractivity contribution is -0.136. The molecule has 0 aliphatic carbocycles. The Morgan fingerprint density at radius 1 is 0.774 bits per heavy atom. The van der Waals surface area contributed by atoms with Crippen molar-refractivity contribution in [1.29, 1.82) is 0 Å². The van der Waals surface area contributed by atoms with Crippen LogP contribution < -0.4 is 10.6 Å². The SMILES string of the molecule is COC(=O)N[C@H](C(=O)N1C[C@@H]2C[C@H]1c1nc(-c3ccc(-c4ccc(/C=C/c5cnc([C@@H]6CCCN6C(=O)[C@H](NC(=O)OC)C(C)C)[nH]5)cc4)cc3)c([nH]1)COCCCO2)C(C)C. The van der Waals surface area contributed by atoms with Crippen LogP contribution in [0.4, 0.5) is 9.59 Å². The summed E-state index contributed by atoms with van der Waals surface area (Å²) in [7, 11) is 2.57. The molecule has 3 aliphatic rings. The second-order valence-corrected chi connectivity index (χ2v) is 16.8. The Labute approximate surface area is 362 Å². The number of alkyl carbamates (subject to hydrolysis) is 2. The molecular weight excluding hydrogens is 793 g/mol. The second kappa shape index (κ2) is 19.8. The number of amides is 4. The highest BCUT2D eigenvalue weighted by Gasteiger charge is 2.43. The van der Waals surface area contributed by atoms with Crippen LogP contribution in [-0.4, -0.2) is 112 Å². The second-order valence-electron chi connectivity index (χ2n) is 16.8. The highest BCUT2D eigenvalue weighted by atomic mass is 16.5. The van der Waals surface area contributed by atoms with Crippen molar-refractivity contribution in [3.05, 3.63) is 83.3 Å². The van der Waals surface area contributed by atoms with Gasteiger partial charge in [0.15, 0.2) is 0 Å². The average molecular weight is 851 g/mol. The van der Waals surface area contributed by atoms with Gasteiger partial charge < -0.3 is 49.3 Å². The molecule has 2 saturated heterocycles. The van der Waals surface area contributed by atoms with Crippen LogP contribution in [0.15, 0.2) is 54.7 Å². The Kier molecular flexibility index (Phi) is 14.1. The van der Waals surface area contributed by atoms with Gasteiger partial charge >= 0.3 is 12.2 Å². The number of hydrogen-bond donors (Lipinski definition) is 4. The zero-order valence-corrected chi connectivity index (χ0v) is 36.3. The molecule has 0 unspecified atom stereocenters. The van der Waals surface area contributed by atoms with Crippen molar-refractivity contribution in [1.82, 2.24) is 40.4 Å². The van der Waals surface area contributed by atoms with Gasteiger partial charge in [-0.3, -0.25) is 9.59 Å². The Morgan fingerprint density at radius 3 is 2.05 bits per heavy atom. The molecule has 2 aromatic carbocycles. The van der Waals surface area contributed by atoms with Crippen molar-refractivity contribution in [2.75, 3.05) is 40.5 Å². The fraction of sp³-hybridized carbons (Fsp3) is 0.478. The number of H-pyrrole nitrogens is 2. The van der Waals surface area contributed by atoms with E-state index in [2.05, 4.69) is 74.1 Å². The molecule has 330 valence electrons. The molecule has 4 bridgehead atoms. The van der Waals surface area contributed by atoms with Gasteiger partial charge in [0.05, 0.1) is 62.3 Å². The summed E-state index contributed by atoms with van der Waals surface area (Å²) in [4.78, 5) is 71.9. The van der Waals surface area contributed by atoms with Crippen LogP contribution in [0.5, 0.6) is 0 Å². The van der Waals surface area contributed by atoms with E-state index in [0.717, 1.165) is 58.6 Å². The van der Waals surface area contributed by atoms with Gasteiger partial charge in [0, 0.05) is 38.3 Å². The van der Waals surface area contributed by atoms with E-state index >= 15 is 0 Å².